The van der Waals surface area contributed by atoms with E-state index < -0.39 is 5.97 Å². The Morgan fingerprint density at radius 3 is 2.67 bits per heavy atom. The largest absolute Gasteiger partial charge is 0.489 e. The number of carboxylic acids is 1. The topological polar surface area (TPSA) is 65.0 Å². The zero-order valence-electron chi connectivity index (χ0n) is 11.2. The zero-order valence-corrected chi connectivity index (χ0v) is 11.2. The number of carboxylic acid groups (broad SMARTS) is 1. The molecule has 0 fully saturated rings. The summed E-state index contributed by atoms with van der Waals surface area (Å²) in [7, 11) is 0. The first-order valence-corrected chi connectivity index (χ1v) is 6.57. The van der Waals surface area contributed by atoms with E-state index in [1.807, 2.05) is 24.3 Å². The molecular formula is C16H14O5. The molecule has 1 atom stereocenters. The molecule has 0 saturated carbocycles. The Kier molecular flexibility index (Phi) is 3.64. The third kappa shape index (κ3) is 2.91. The molecule has 0 amide bonds. The van der Waals surface area contributed by atoms with Crippen molar-refractivity contribution in [3.05, 3.63) is 54.1 Å². The van der Waals surface area contributed by atoms with Crippen molar-refractivity contribution in [3.8, 4) is 17.2 Å². The van der Waals surface area contributed by atoms with Gasteiger partial charge in [-0.3, -0.25) is 0 Å². The summed E-state index contributed by atoms with van der Waals surface area (Å²) in [5.74, 6) is 0.688. The predicted molar refractivity (Wildman–Crippen MR) is 75.2 cm³/mol. The van der Waals surface area contributed by atoms with Crippen LogP contribution < -0.4 is 14.2 Å². The second kappa shape index (κ2) is 5.75. The lowest BCUT2D eigenvalue weighted by Crippen LogP contribution is -2.34. The lowest BCUT2D eigenvalue weighted by atomic mass is 10.2. The molecular weight excluding hydrogens is 272 g/mol. The molecule has 0 aromatic heterocycles. The maximum atomic E-state index is 11.1. The van der Waals surface area contributed by atoms with E-state index in [4.69, 9.17) is 19.3 Å². The van der Waals surface area contributed by atoms with Crippen molar-refractivity contribution in [2.24, 2.45) is 0 Å². The average molecular weight is 286 g/mol. The Hall–Kier alpha value is -2.69. The van der Waals surface area contributed by atoms with Crippen LogP contribution in [0.15, 0.2) is 48.5 Å². The zero-order chi connectivity index (χ0) is 14.7. The molecule has 0 aliphatic carbocycles. The molecule has 1 unspecified atom stereocenters. The lowest BCUT2D eigenvalue weighted by Gasteiger charge is -2.26. The van der Waals surface area contributed by atoms with Gasteiger partial charge >= 0.3 is 5.97 Å². The Morgan fingerprint density at radius 2 is 1.86 bits per heavy atom. The maximum Gasteiger partial charge on any atom is 0.339 e. The molecule has 2 aromatic rings. The monoisotopic (exact) mass is 286 g/mol. The summed E-state index contributed by atoms with van der Waals surface area (Å²) in [6.45, 7) is 0.588. The fraction of sp³-hybridized carbons (Fsp3) is 0.188. The van der Waals surface area contributed by atoms with Crippen LogP contribution in [0.25, 0.3) is 0 Å². The Bertz CT molecular complexity index is 653. The summed E-state index contributed by atoms with van der Waals surface area (Å²) in [4.78, 5) is 11.1. The van der Waals surface area contributed by atoms with Crippen LogP contribution in [-0.4, -0.2) is 30.4 Å². The van der Waals surface area contributed by atoms with E-state index in [1.54, 1.807) is 18.2 Å². The molecule has 21 heavy (non-hydrogen) atoms. The van der Waals surface area contributed by atoms with Crippen molar-refractivity contribution in [2.75, 3.05) is 13.2 Å². The fourth-order valence-electron chi connectivity index (χ4n) is 2.10. The van der Waals surface area contributed by atoms with E-state index in [-0.39, 0.29) is 18.3 Å². The van der Waals surface area contributed by atoms with Crippen LogP contribution >= 0.6 is 0 Å². The molecule has 1 aliphatic rings. The number of aromatic carboxylic acids is 1. The molecule has 0 bridgehead atoms. The van der Waals surface area contributed by atoms with Gasteiger partial charge < -0.3 is 19.3 Å². The summed E-state index contributed by atoms with van der Waals surface area (Å²) in [5.41, 5.74) is 0.134. The van der Waals surface area contributed by atoms with E-state index in [0.717, 1.165) is 0 Å². The maximum absolute atomic E-state index is 11.1. The van der Waals surface area contributed by atoms with Gasteiger partial charge in [-0.2, -0.15) is 0 Å². The highest BCUT2D eigenvalue weighted by molar-refractivity contribution is 5.90. The van der Waals surface area contributed by atoms with E-state index in [2.05, 4.69) is 0 Å². The van der Waals surface area contributed by atoms with Gasteiger partial charge in [0.15, 0.2) is 17.6 Å². The van der Waals surface area contributed by atoms with E-state index in [0.29, 0.717) is 23.9 Å². The van der Waals surface area contributed by atoms with Gasteiger partial charge in [-0.1, -0.05) is 24.3 Å². The van der Waals surface area contributed by atoms with Crippen LogP contribution in [0.3, 0.4) is 0 Å². The second-order valence-corrected chi connectivity index (χ2v) is 4.61. The van der Waals surface area contributed by atoms with Gasteiger partial charge in [0, 0.05) is 0 Å². The molecule has 3 rings (SSSR count). The summed E-state index contributed by atoms with van der Waals surface area (Å²) in [6.07, 6.45) is -0.276. The molecule has 108 valence electrons. The second-order valence-electron chi connectivity index (χ2n) is 4.61. The van der Waals surface area contributed by atoms with Crippen LogP contribution in [0.4, 0.5) is 0 Å². The van der Waals surface area contributed by atoms with Gasteiger partial charge in [0.05, 0.1) is 0 Å². The van der Waals surface area contributed by atoms with Gasteiger partial charge in [-0.25, -0.2) is 4.79 Å². The molecule has 2 aromatic carbocycles. The van der Waals surface area contributed by atoms with Gasteiger partial charge in [0.25, 0.3) is 0 Å². The van der Waals surface area contributed by atoms with Crippen molar-refractivity contribution in [3.63, 3.8) is 0 Å². The average Bonchev–Trinajstić information content (AvgIpc) is 2.53. The number of hydrogen-bond acceptors (Lipinski definition) is 4. The Morgan fingerprint density at radius 1 is 1.14 bits per heavy atom. The lowest BCUT2D eigenvalue weighted by molar-refractivity contribution is 0.0520. The Balaban J connectivity index is 1.66. The van der Waals surface area contributed by atoms with Gasteiger partial charge in [-0.15, -0.1) is 0 Å². The molecule has 1 N–H and O–H groups in total. The summed E-state index contributed by atoms with van der Waals surface area (Å²) >= 11 is 0. The van der Waals surface area contributed by atoms with Crippen molar-refractivity contribution >= 4 is 5.97 Å². The third-order valence-electron chi connectivity index (χ3n) is 3.11. The fourth-order valence-corrected chi connectivity index (χ4v) is 2.10. The minimum absolute atomic E-state index is 0.134. The number of ether oxygens (including phenoxy) is 3. The van der Waals surface area contributed by atoms with Crippen molar-refractivity contribution < 1.29 is 24.1 Å². The predicted octanol–water partition coefficient (Wildman–Crippen LogP) is 2.60. The number of fused-ring (bicyclic) bond motifs is 1. The summed E-state index contributed by atoms with van der Waals surface area (Å²) in [6, 6.07) is 13.9. The van der Waals surface area contributed by atoms with Crippen LogP contribution in [-0.2, 0) is 0 Å². The molecule has 1 aliphatic heterocycles. The molecule has 5 nitrogen and oxygen atoms in total. The highest BCUT2D eigenvalue weighted by Gasteiger charge is 2.22. The van der Waals surface area contributed by atoms with Crippen LogP contribution in [0.2, 0.25) is 0 Å². The van der Waals surface area contributed by atoms with Gasteiger partial charge in [0.2, 0.25) is 0 Å². The quantitative estimate of drug-likeness (QED) is 0.936. The number of rotatable bonds is 4. The normalized spacial score (nSPS) is 16.3. The van der Waals surface area contributed by atoms with Crippen molar-refractivity contribution in [2.45, 2.75) is 6.10 Å². The molecule has 0 radical (unpaired) electrons. The van der Waals surface area contributed by atoms with Crippen LogP contribution in [0.1, 0.15) is 10.4 Å². The van der Waals surface area contributed by atoms with Gasteiger partial charge in [-0.05, 0) is 24.3 Å². The highest BCUT2D eigenvalue weighted by atomic mass is 16.6. The minimum Gasteiger partial charge on any atom is -0.489 e. The SMILES string of the molecule is O=C(O)c1ccccc1OCC1COc2ccccc2O1. The number of para-hydroxylation sites is 3. The van der Waals surface area contributed by atoms with Gasteiger partial charge in [0.1, 0.15) is 24.5 Å². The number of benzene rings is 2. The van der Waals surface area contributed by atoms with Crippen LogP contribution in [0.5, 0.6) is 17.2 Å². The minimum atomic E-state index is -1.02. The molecule has 0 spiro atoms. The molecule has 5 heteroatoms. The van der Waals surface area contributed by atoms with Crippen molar-refractivity contribution in [1.29, 1.82) is 0 Å². The summed E-state index contributed by atoms with van der Waals surface area (Å²) in [5, 5.41) is 9.10. The van der Waals surface area contributed by atoms with E-state index in [1.165, 1.54) is 6.07 Å². The number of hydrogen-bond donors (Lipinski definition) is 1. The first-order chi connectivity index (χ1) is 10.2. The smallest absolute Gasteiger partial charge is 0.339 e. The Labute approximate surface area is 121 Å². The first-order valence-electron chi connectivity index (χ1n) is 6.57. The number of carbonyl (C=O) groups is 1. The first kappa shape index (κ1) is 13.3. The van der Waals surface area contributed by atoms with E-state index in [9.17, 15) is 4.79 Å². The highest BCUT2D eigenvalue weighted by Crippen LogP contribution is 2.31. The summed E-state index contributed by atoms with van der Waals surface area (Å²) < 4.78 is 16.9. The van der Waals surface area contributed by atoms with Crippen LogP contribution in [0, 0.1) is 0 Å². The van der Waals surface area contributed by atoms with Crippen molar-refractivity contribution in [1.82, 2.24) is 0 Å². The third-order valence-corrected chi connectivity index (χ3v) is 3.11. The standard InChI is InChI=1S/C16H14O5/c17-16(18)12-5-1-2-6-13(12)19-9-11-10-20-14-7-3-4-8-15(14)21-11/h1-8,11H,9-10H2,(H,17,18). The molecule has 1 heterocycles. The molecule has 0 saturated heterocycles. The van der Waals surface area contributed by atoms with E-state index >= 15 is 0 Å².